The zero-order valence-corrected chi connectivity index (χ0v) is 18.7. The quantitative estimate of drug-likeness (QED) is 0.494. The van der Waals surface area contributed by atoms with Gasteiger partial charge in [-0.15, -0.1) is 11.3 Å². The molecule has 1 atom stereocenters. The van der Waals surface area contributed by atoms with Crippen LogP contribution in [0.5, 0.6) is 5.75 Å². The van der Waals surface area contributed by atoms with Gasteiger partial charge in [0.1, 0.15) is 16.7 Å². The van der Waals surface area contributed by atoms with E-state index in [1.54, 1.807) is 6.92 Å². The van der Waals surface area contributed by atoms with Crippen molar-refractivity contribution in [3.8, 4) is 11.8 Å². The van der Waals surface area contributed by atoms with Crippen LogP contribution >= 0.6 is 11.3 Å². The number of carbonyl (C=O) groups is 1. The van der Waals surface area contributed by atoms with Crippen LogP contribution in [0, 0.1) is 11.3 Å². The maximum absolute atomic E-state index is 12.6. The normalized spacial score (nSPS) is 15.6. The molecule has 2 aromatic rings. The Labute approximate surface area is 182 Å². The van der Waals surface area contributed by atoms with Crippen LogP contribution in [0.4, 0.5) is 0 Å². The Morgan fingerprint density at radius 2 is 2.07 bits per heavy atom. The maximum Gasteiger partial charge on any atom is 0.348 e. The van der Waals surface area contributed by atoms with E-state index in [4.69, 9.17) is 9.47 Å². The molecule has 0 aliphatic heterocycles. The lowest BCUT2D eigenvalue weighted by Gasteiger charge is -2.20. The van der Waals surface area contributed by atoms with Gasteiger partial charge in [-0.05, 0) is 45.3 Å². The fourth-order valence-electron chi connectivity index (χ4n) is 3.66. The highest BCUT2D eigenvalue weighted by Crippen LogP contribution is 2.40. The minimum atomic E-state index is -0.340. The fraction of sp³-hybridized carbons (Fsp3) is 0.360. The number of nitriles is 1. The molecule has 4 nitrogen and oxygen atoms in total. The number of hydrogen-bond donors (Lipinski definition) is 0. The molecule has 0 spiro atoms. The van der Waals surface area contributed by atoms with Crippen molar-refractivity contribution in [2.45, 2.75) is 52.6 Å². The molecule has 1 aromatic carbocycles. The first-order chi connectivity index (χ1) is 14.5. The second kappa shape index (κ2) is 9.77. The molecule has 1 unspecified atom stereocenters. The van der Waals surface area contributed by atoms with Crippen LogP contribution in [-0.4, -0.2) is 18.7 Å². The second-order valence-corrected chi connectivity index (χ2v) is 8.46. The van der Waals surface area contributed by atoms with Crippen molar-refractivity contribution in [1.29, 1.82) is 5.26 Å². The molecule has 5 heteroatoms. The van der Waals surface area contributed by atoms with Gasteiger partial charge in [0.2, 0.25) is 0 Å². The molecule has 1 aromatic heterocycles. The lowest BCUT2D eigenvalue weighted by Crippen LogP contribution is -2.10. The number of benzene rings is 1. The number of aryl methyl sites for hydroxylation is 1. The SMILES string of the molecule is CCOC(=O)c1sc(CC)c(C#N)c1C1C=CC(c2ccccc2OC(C)C)=CC1. The number of ether oxygens (including phenoxy) is 2. The fourth-order valence-corrected chi connectivity index (χ4v) is 4.82. The first-order valence-electron chi connectivity index (χ1n) is 10.4. The summed E-state index contributed by atoms with van der Waals surface area (Å²) in [6, 6.07) is 10.3. The average Bonchev–Trinajstić information content (AvgIpc) is 3.13. The molecule has 1 heterocycles. The van der Waals surface area contributed by atoms with Crippen molar-refractivity contribution in [2.24, 2.45) is 0 Å². The smallest absolute Gasteiger partial charge is 0.348 e. The van der Waals surface area contributed by atoms with Gasteiger partial charge in [0.05, 0.1) is 18.3 Å². The number of allylic oxidation sites excluding steroid dienone is 4. The van der Waals surface area contributed by atoms with Gasteiger partial charge >= 0.3 is 5.97 Å². The molecule has 30 heavy (non-hydrogen) atoms. The first-order valence-corrected chi connectivity index (χ1v) is 11.2. The Morgan fingerprint density at radius 3 is 2.67 bits per heavy atom. The van der Waals surface area contributed by atoms with Gasteiger partial charge < -0.3 is 9.47 Å². The summed E-state index contributed by atoms with van der Waals surface area (Å²) in [5, 5.41) is 9.78. The van der Waals surface area contributed by atoms with Crippen molar-refractivity contribution < 1.29 is 14.3 Å². The number of esters is 1. The van der Waals surface area contributed by atoms with Crippen molar-refractivity contribution in [3.05, 3.63) is 68.9 Å². The highest BCUT2D eigenvalue weighted by Gasteiger charge is 2.28. The largest absolute Gasteiger partial charge is 0.490 e. The molecule has 1 aliphatic rings. The van der Waals surface area contributed by atoms with Gasteiger partial charge in [0.15, 0.2) is 0 Å². The van der Waals surface area contributed by atoms with Gasteiger partial charge in [-0.3, -0.25) is 0 Å². The van der Waals surface area contributed by atoms with E-state index in [-0.39, 0.29) is 18.0 Å². The minimum absolute atomic E-state index is 0.0301. The maximum atomic E-state index is 12.6. The van der Waals surface area contributed by atoms with Crippen LogP contribution < -0.4 is 4.74 Å². The molecule has 156 valence electrons. The Bertz CT molecular complexity index is 1020. The predicted molar refractivity (Wildman–Crippen MR) is 121 cm³/mol. The zero-order chi connectivity index (χ0) is 21.7. The summed E-state index contributed by atoms with van der Waals surface area (Å²) < 4.78 is 11.2. The molecule has 1 aliphatic carbocycles. The number of hydrogen-bond acceptors (Lipinski definition) is 5. The van der Waals surface area contributed by atoms with E-state index in [1.165, 1.54) is 11.3 Å². The van der Waals surface area contributed by atoms with Gasteiger partial charge in [-0.2, -0.15) is 5.26 Å². The number of para-hydroxylation sites is 1. The molecule has 0 bridgehead atoms. The van der Waals surface area contributed by atoms with Crippen molar-refractivity contribution in [2.75, 3.05) is 6.61 Å². The summed E-state index contributed by atoms with van der Waals surface area (Å²) in [7, 11) is 0. The third-order valence-electron chi connectivity index (χ3n) is 4.94. The van der Waals surface area contributed by atoms with Gasteiger partial charge in [0, 0.05) is 21.9 Å². The van der Waals surface area contributed by atoms with E-state index in [0.717, 1.165) is 33.7 Å². The molecule has 0 radical (unpaired) electrons. The molecule has 0 amide bonds. The van der Waals surface area contributed by atoms with E-state index in [0.29, 0.717) is 23.5 Å². The number of rotatable bonds is 7. The Hall–Kier alpha value is -2.84. The number of thiophene rings is 1. The summed E-state index contributed by atoms with van der Waals surface area (Å²) in [5.74, 6) is 0.487. The van der Waals surface area contributed by atoms with Crippen LogP contribution in [0.2, 0.25) is 0 Å². The molecule has 3 rings (SSSR count). The van der Waals surface area contributed by atoms with Crippen molar-refractivity contribution >= 4 is 22.9 Å². The predicted octanol–water partition coefficient (Wildman–Crippen LogP) is 6.27. The van der Waals surface area contributed by atoms with E-state index >= 15 is 0 Å². The van der Waals surface area contributed by atoms with E-state index in [2.05, 4.69) is 30.4 Å². The Balaban J connectivity index is 1.95. The molecule has 0 fully saturated rings. The average molecular weight is 422 g/mol. The summed E-state index contributed by atoms with van der Waals surface area (Å²) in [4.78, 5) is 14.1. The van der Waals surface area contributed by atoms with Gasteiger partial charge in [-0.25, -0.2) is 4.79 Å². The van der Waals surface area contributed by atoms with Crippen LogP contribution in [-0.2, 0) is 11.2 Å². The first kappa shape index (κ1) is 21.9. The number of carbonyl (C=O) groups excluding carboxylic acids is 1. The highest BCUT2D eigenvalue weighted by atomic mass is 32.1. The summed E-state index contributed by atoms with van der Waals surface area (Å²) in [5.41, 5.74) is 3.56. The molecular weight excluding hydrogens is 394 g/mol. The number of nitrogens with zero attached hydrogens (tertiary/aromatic N) is 1. The standard InChI is InChI=1S/C25H27NO3S/c1-5-22-20(15-26)23(24(30-22)25(27)28-6-2)18-13-11-17(12-14-18)19-9-7-8-10-21(19)29-16(3)4/h7-13,16,18H,5-6,14H2,1-4H3. The van der Waals surface area contributed by atoms with Gasteiger partial charge in [-0.1, -0.05) is 43.4 Å². The summed E-state index contributed by atoms with van der Waals surface area (Å²) >= 11 is 1.39. The van der Waals surface area contributed by atoms with Crippen LogP contribution in [0.3, 0.4) is 0 Å². The van der Waals surface area contributed by atoms with Gasteiger partial charge in [0.25, 0.3) is 0 Å². The Kier molecular flexibility index (Phi) is 7.12. The lowest BCUT2D eigenvalue weighted by atomic mass is 9.86. The van der Waals surface area contributed by atoms with Crippen molar-refractivity contribution in [3.63, 3.8) is 0 Å². The molecular formula is C25H27NO3S. The minimum Gasteiger partial charge on any atom is -0.490 e. The third kappa shape index (κ3) is 4.49. The molecule has 0 N–H and O–H groups in total. The summed E-state index contributed by atoms with van der Waals surface area (Å²) in [6.07, 6.45) is 7.84. The monoisotopic (exact) mass is 421 g/mol. The second-order valence-electron chi connectivity index (χ2n) is 7.35. The Morgan fingerprint density at radius 1 is 1.30 bits per heavy atom. The highest BCUT2D eigenvalue weighted by molar-refractivity contribution is 7.14. The van der Waals surface area contributed by atoms with Crippen LogP contribution in [0.1, 0.15) is 71.3 Å². The summed E-state index contributed by atoms with van der Waals surface area (Å²) in [6.45, 7) is 8.14. The van der Waals surface area contributed by atoms with Crippen LogP contribution in [0.15, 0.2) is 42.5 Å². The van der Waals surface area contributed by atoms with Crippen molar-refractivity contribution in [1.82, 2.24) is 0 Å². The van der Waals surface area contributed by atoms with E-state index in [9.17, 15) is 10.1 Å². The molecule has 0 saturated heterocycles. The third-order valence-corrected chi connectivity index (χ3v) is 6.27. The topological polar surface area (TPSA) is 59.3 Å². The lowest BCUT2D eigenvalue weighted by molar-refractivity contribution is 0.0530. The van der Waals surface area contributed by atoms with E-state index < -0.39 is 0 Å². The molecule has 0 saturated carbocycles. The van der Waals surface area contributed by atoms with Crippen LogP contribution in [0.25, 0.3) is 5.57 Å². The van der Waals surface area contributed by atoms with E-state index in [1.807, 2.05) is 39.0 Å². The zero-order valence-electron chi connectivity index (χ0n) is 17.9.